The van der Waals surface area contributed by atoms with Crippen LogP contribution in [0, 0.1) is 0 Å². The molecule has 0 aromatic carbocycles. The molecule has 7 heteroatoms. The third-order valence-electron chi connectivity index (χ3n) is 2.95. The molecule has 1 aliphatic heterocycles. The van der Waals surface area contributed by atoms with Crippen LogP contribution in [0.25, 0.3) is 0 Å². The molecule has 0 amide bonds. The minimum Gasteiger partial charge on any atom is -0.370 e. The van der Waals surface area contributed by atoms with E-state index in [2.05, 4.69) is 15.3 Å². The zero-order valence-electron chi connectivity index (χ0n) is 10.8. The Morgan fingerprint density at radius 1 is 1.26 bits per heavy atom. The van der Waals surface area contributed by atoms with E-state index < -0.39 is 12.0 Å². The molecule has 0 bridgehead atoms. The minimum atomic E-state index is -4.52. The lowest BCUT2D eigenvalue weighted by molar-refractivity contribution is -0.144. The van der Waals surface area contributed by atoms with Crippen LogP contribution in [0.4, 0.5) is 24.8 Å². The van der Waals surface area contributed by atoms with Crippen LogP contribution >= 0.6 is 0 Å². The van der Waals surface area contributed by atoms with Crippen LogP contribution in [0.2, 0.25) is 0 Å². The fourth-order valence-electron chi connectivity index (χ4n) is 2.01. The summed E-state index contributed by atoms with van der Waals surface area (Å²) in [5.41, 5.74) is 0. The molecule has 4 nitrogen and oxygen atoms in total. The second-order valence-corrected chi connectivity index (χ2v) is 4.55. The molecule has 106 valence electrons. The van der Waals surface area contributed by atoms with Crippen molar-refractivity contribution < 1.29 is 13.2 Å². The number of nitrogens with one attached hydrogen (secondary N) is 1. The first-order valence-electron chi connectivity index (χ1n) is 6.46. The number of aromatic nitrogens is 2. The van der Waals surface area contributed by atoms with Crippen LogP contribution in [0.1, 0.15) is 32.0 Å². The standard InChI is InChI=1S/C12H17F3N4/c1-2-5-16-9-8-10(19-6-3-4-7-19)18-11(17-9)12(13,14)15/h8H,2-7H2,1H3,(H,16,17,18). The summed E-state index contributed by atoms with van der Waals surface area (Å²) in [7, 11) is 0. The SMILES string of the molecule is CCCNc1cc(N2CCCC2)nc(C(F)(F)F)n1. The highest BCUT2D eigenvalue weighted by Gasteiger charge is 2.36. The van der Waals surface area contributed by atoms with Gasteiger partial charge >= 0.3 is 6.18 Å². The van der Waals surface area contributed by atoms with Gasteiger partial charge in [0.1, 0.15) is 11.6 Å². The molecular weight excluding hydrogens is 257 g/mol. The average molecular weight is 274 g/mol. The molecular formula is C12H17F3N4. The fraction of sp³-hybridized carbons (Fsp3) is 0.667. The van der Waals surface area contributed by atoms with Crippen LogP contribution < -0.4 is 10.2 Å². The maximum atomic E-state index is 12.8. The molecule has 1 aromatic heterocycles. The molecule has 1 N–H and O–H groups in total. The largest absolute Gasteiger partial charge is 0.451 e. The van der Waals surface area contributed by atoms with Gasteiger partial charge in [-0.2, -0.15) is 13.2 Å². The van der Waals surface area contributed by atoms with Gasteiger partial charge in [0.15, 0.2) is 0 Å². The van der Waals surface area contributed by atoms with Crippen LogP contribution in [0.15, 0.2) is 6.07 Å². The summed E-state index contributed by atoms with van der Waals surface area (Å²) in [5.74, 6) is -0.472. The number of hydrogen-bond donors (Lipinski definition) is 1. The molecule has 0 aliphatic carbocycles. The highest BCUT2D eigenvalue weighted by Crippen LogP contribution is 2.30. The van der Waals surface area contributed by atoms with Gasteiger partial charge in [-0.15, -0.1) is 0 Å². The van der Waals surface area contributed by atoms with E-state index in [1.165, 1.54) is 0 Å². The Balaban J connectivity index is 2.30. The zero-order valence-corrected chi connectivity index (χ0v) is 10.8. The molecule has 1 saturated heterocycles. The third-order valence-corrected chi connectivity index (χ3v) is 2.95. The predicted molar refractivity (Wildman–Crippen MR) is 67.3 cm³/mol. The second kappa shape index (κ2) is 5.63. The Kier molecular flexibility index (Phi) is 4.11. The molecule has 0 atom stereocenters. The monoisotopic (exact) mass is 274 g/mol. The summed E-state index contributed by atoms with van der Waals surface area (Å²) < 4.78 is 38.4. The minimum absolute atomic E-state index is 0.242. The summed E-state index contributed by atoms with van der Waals surface area (Å²) in [5, 5.41) is 2.89. The third kappa shape index (κ3) is 3.48. The van der Waals surface area contributed by atoms with E-state index in [-0.39, 0.29) is 5.82 Å². The number of rotatable bonds is 4. The molecule has 1 fully saturated rings. The van der Waals surface area contributed by atoms with Crippen molar-refractivity contribution in [2.24, 2.45) is 0 Å². The van der Waals surface area contributed by atoms with Gasteiger partial charge in [0.05, 0.1) is 0 Å². The van der Waals surface area contributed by atoms with Gasteiger partial charge in [0.2, 0.25) is 5.82 Å². The van der Waals surface area contributed by atoms with E-state index in [4.69, 9.17) is 0 Å². The van der Waals surface area contributed by atoms with Crippen LogP contribution in [-0.2, 0) is 6.18 Å². The smallest absolute Gasteiger partial charge is 0.370 e. The van der Waals surface area contributed by atoms with Crippen LogP contribution in [-0.4, -0.2) is 29.6 Å². The van der Waals surface area contributed by atoms with Crippen LogP contribution in [0.3, 0.4) is 0 Å². The summed E-state index contributed by atoms with van der Waals surface area (Å²) in [6.07, 6.45) is -1.71. The molecule has 1 aliphatic rings. The summed E-state index contributed by atoms with van der Waals surface area (Å²) >= 11 is 0. The Morgan fingerprint density at radius 2 is 1.95 bits per heavy atom. The van der Waals surface area contributed by atoms with Crippen molar-refractivity contribution in [3.8, 4) is 0 Å². The van der Waals surface area contributed by atoms with E-state index in [0.29, 0.717) is 12.4 Å². The Hall–Kier alpha value is -1.53. The van der Waals surface area contributed by atoms with E-state index in [0.717, 1.165) is 32.4 Å². The number of alkyl halides is 3. The van der Waals surface area contributed by atoms with E-state index >= 15 is 0 Å². The number of nitrogens with zero attached hydrogens (tertiary/aromatic N) is 3. The second-order valence-electron chi connectivity index (χ2n) is 4.55. The molecule has 1 aromatic rings. The number of halogens is 3. The predicted octanol–water partition coefficient (Wildman–Crippen LogP) is 2.92. The molecule has 2 heterocycles. The normalized spacial score (nSPS) is 15.9. The first-order chi connectivity index (χ1) is 9.00. The molecule has 0 radical (unpaired) electrons. The van der Waals surface area contributed by atoms with Crippen LogP contribution in [0.5, 0.6) is 0 Å². The molecule has 2 rings (SSSR count). The summed E-state index contributed by atoms with van der Waals surface area (Å²) in [4.78, 5) is 9.05. The van der Waals surface area contributed by atoms with Gasteiger partial charge in [-0.1, -0.05) is 6.92 Å². The lowest BCUT2D eigenvalue weighted by atomic mass is 10.4. The van der Waals surface area contributed by atoms with Crippen molar-refractivity contribution in [1.82, 2.24) is 9.97 Å². The van der Waals surface area contributed by atoms with Gasteiger partial charge in [-0.05, 0) is 19.3 Å². The van der Waals surface area contributed by atoms with Gasteiger partial charge in [0.25, 0.3) is 0 Å². The Labute approximate surface area is 110 Å². The molecule has 0 saturated carbocycles. The lowest BCUT2D eigenvalue weighted by Gasteiger charge is -2.19. The molecule has 19 heavy (non-hydrogen) atoms. The van der Waals surface area contributed by atoms with E-state index in [9.17, 15) is 13.2 Å². The van der Waals surface area contributed by atoms with Gasteiger partial charge in [-0.25, -0.2) is 9.97 Å². The quantitative estimate of drug-likeness (QED) is 0.916. The van der Waals surface area contributed by atoms with Crippen molar-refractivity contribution in [3.63, 3.8) is 0 Å². The maximum absolute atomic E-state index is 12.8. The van der Waals surface area contributed by atoms with Gasteiger partial charge in [0, 0.05) is 25.7 Å². The summed E-state index contributed by atoms with van der Waals surface area (Å²) in [6, 6.07) is 1.59. The van der Waals surface area contributed by atoms with Crippen molar-refractivity contribution in [2.45, 2.75) is 32.4 Å². The topological polar surface area (TPSA) is 41.0 Å². The first-order valence-corrected chi connectivity index (χ1v) is 6.46. The summed E-state index contributed by atoms with van der Waals surface area (Å²) in [6.45, 7) is 4.04. The van der Waals surface area contributed by atoms with E-state index in [1.807, 2.05) is 11.8 Å². The molecule has 0 spiro atoms. The number of hydrogen-bond acceptors (Lipinski definition) is 4. The van der Waals surface area contributed by atoms with E-state index in [1.54, 1.807) is 6.07 Å². The van der Waals surface area contributed by atoms with Gasteiger partial charge in [-0.3, -0.25) is 0 Å². The lowest BCUT2D eigenvalue weighted by Crippen LogP contribution is -2.22. The highest BCUT2D eigenvalue weighted by molar-refractivity contribution is 5.50. The van der Waals surface area contributed by atoms with Crippen molar-refractivity contribution in [1.29, 1.82) is 0 Å². The highest BCUT2D eigenvalue weighted by atomic mass is 19.4. The Bertz CT molecular complexity index is 427. The zero-order chi connectivity index (χ0) is 13.9. The van der Waals surface area contributed by atoms with Crippen molar-refractivity contribution >= 4 is 11.6 Å². The van der Waals surface area contributed by atoms with Crippen molar-refractivity contribution in [3.05, 3.63) is 11.9 Å². The van der Waals surface area contributed by atoms with Crippen molar-refractivity contribution in [2.75, 3.05) is 29.9 Å². The average Bonchev–Trinajstić information content (AvgIpc) is 2.89. The first kappa shape index (κ1) is 13.9. The Morgan fingerprint density at radius 3 is 2.53 bits per heavy atom. The fourth-order valence-corrected chi connectivity index (χ4v) is 2.01. The molecule has 0 unspecified atom stereocenters. The number of anilines is 2. The maximum Gasteiger partial charge on any atom is 0.451 e. The van der Waals surface area contributed by atoms with Gasteiger partial charge < -0.3 is 10.2 Å².